The molecule has 28 valence electrons. The fourth-order valence-corrected chi connectivity index (χ4v) is 0. The molecule has 0 rings (SSSR count). The zero-order valence-corrected chi connectivity index (χ0v) is 1.00. The third-order valence-corrected chi connectivity index (χ3v) is 0. The average Bonchev–Trinajstić information content (AvgIpc) is 0. The normalized spacial score (nSPS) is 0. The Morgan fingerprint density at radius 2 is 0.500 bits per heavy atom. The topological polar surface area (TPSA) is 63.0 Å². The first kappa shape index (κ1) is 64.2. The fourth-order valence-electron chi connectivity index (χ4n) is 0. The van der Waals surface area contributed by atoms with E-state index in [0.717, 1.165) is 0 Å². The van der Waals surface area contributed by atoms with Crippen molar-refractivity contribution in [2.45, 2.75) is 0 Å². The molecule has 0 radical (unpaired) electrons. The Bertz CT molecular complexity index is 4.00. The van der Waals surface area contributed by atoms with Crippen molar-refractivity contribution in [3.8, 4) is 0 Å². The van der Waals surface area contributed by atoms with E-state index in [2.05, 4.69) is 0 Å². The Hall–Kier alpha value is 1.19. The van der Waals surface area contributed by atoms with Gasteiger partial charge in [-0.1, -0.05) is 0 Å². The van der Waals surface area contributed by atoms with E-state index in [-0.39, 0.29) is 50.5 Å². The van der Waals surface area contributed by atoms with E-state index in [0.29, 0.717) is 0 Å². The molecule has 0 atom stereocenters. The van der Waals surface area contributed by atoms with Gasteiger partial charge in [-0.25, -0.2) is 0 Å². The molecule has 4 heavy (non-hydrogen) atoms. The van der Waals surface area contributed by atoms with Crippen molar-refractivity contribution < 1.29 is 11.0 Å². The second-order valence-electron chi connectivity index (χ2n) is 0. The van der Waals surface area contributed by atoms with Gasteiger partial charge in [0.15, 0.2) is 0 Å². The summed E-state index contributed by atoms with van der Waals surface area (Å²) in [6, 6.07) is 0. The van der Waals surface area contributed by atoms with Crippen LogP contribution < -0.4 is 0 Å². The quantitative estimate of drug-likeness (QED) is 0.342. The van der Waals surface area contributed by atoms with Gasteiger partial charge in [-0.15, -0.1) is 0 Å². The molecule has 0 fully saturated rings. The molecule has 0 spiro atoms. The van der Waals surface area contributed by atoms with Crippen molar-refractivity contribution in [2.24, 2.45) is 0 Å². The summed E-state index contributed by atoms with van der Waals surface area (Å²) in [5.74, 6) is 0. The monoisotopic (exact) mass is 180 g/mol. The van der Waals surface area contributed by atoms with Crippen LogP contribution in [0.1, 0.15) is 0 Å². The average molecular weight is 182 g/mol. The van der Waals surface area contributed by atoms with Gasteiger partial charge in [-0.2, -0.15) is 0 Å². The van der Waals surface area contributed by atoms with Gasteiger partial charge in [-0.05, 0) is 0 Å². The molecule has 2 nitrogen and oxygen atoms in total. The first-order valence-electron chi connectivity index (χ1n) is 0. The van der Waals surface area contributed by atoms with Crippen LogP contribution in [0.5, 0.6) is 0 Å². The Morgan fingerprint density at radius 1 is 0.500 bits per heavy atom. The molecule has 0 saturated carbocycles. The Morgan fingerprint density at radius 3 is 0.500 bits per heavy atom. The second kappa shape index (κ2) is 30.0. The van der Waals surface area contributed by atoms with Gasteiger partial charge in [0.25, 0.3) is 0 Å². The second-order valence-corrected chi connectivity index (χ2v) is 0. The van der Waals surface area contributed by atoms with Gasteiger partial charge >= 0.3 is 39.6 Å². The maximum atomic E-state index is 0. The van der Waals surface area contributed by atoms with E-state index in [1.165, 1.54) is 0 Å². The van der Waals surface area contributed by atoms with Gasteiger partial charge in [0, 0.05) is 0 Å². The summed E-state index contributed by atoms with van der Waals surface area (Å²) in [4.78, 5) is 0. The first-order chi connectivity index (χ1) is 0. The number of hydrogen-bond acceptors (Lipinski definition) is 0. The SMILES string of the molecule is O.O.[GaH3].[GaH3]. The molecule has 0 saturated heterocycles. The molecule has 4 heteroatoms. The van der Waals surface area contributed by atoms with Crippen LogP contribution in [0.15, 0.2) is 0 Å². The minimum absolute atomic E-state index is 0. The van der Waals surface area contributed by atoms with Crippen LogP contribution in [0, 0.1) is 0 Å². The van der Waals surface area contributed by atoms with Crippen molar-refractivity contribution in [3.63, 3.8) is 0 Å². The minimum atomic E-state index is 0. The molecule has 4 N–H and O–H groups in total. The van der Waals surface area contributed by atoms with Gasteiger partial charge in [0.2, 0.25) is 0 Å². The molecule has 0 aromatic carbocycles. The van der Waals surface area contributed by atoms with Gasteiger partial charge in [-0.3, -0.25) is 0 Å². The van der Waals surface area contributed by atoms with Crippen LogP contribution in [0.3, 0.4) is 0 Å². The molecule has 0 bridgehead atoms. The van der Waals surface area contributed by atoms with Crippen molar-refractivity contribution >= 4 is 39.6 Å². The van der Waals surface area contributed by atoms with Crippen LogP contribution in [0.2, 0.25) is 0 Å². The zero-order valence-electron chi connectivity index (χ0n) is 1.00. The molecule has 0 aliphatic rings. The molecule has 0 unspecified atom stereocenters. The number of rotatable bonds is 0. The summed E-state index contributed by atoms with van der Waals surface area (Å²) in [5.41, 5.74) is 0. The summed E-state index contributed by atoms with van der Waals surface area (Å²) in [7, 11) is 0. The van der Waals surface area contributed by atoms with Crippen LogP contribution in [-0.4, -0.2) is 50.5 Å². The van der Waals surface area contributed by atoms with Crippen LogP contribution in [0.4, 0.5) is 0 Å². The van der Waals surface area contributed by atoms with Crippen molar-refractivity contribution in [1.82, 2.24) is 0 Å². The van der Waals surface area contributed by atoms with Crippen LogP contribution >= 0.6 is 0 Å². The molecule has 0 aliphatic carbocycles. The Labute approximate surface area is 50.7 Å². The standard InChI is InChI=1S/2Ga.2H2O.6H/h;;2*1H2;;;;;;. The van der Waals surface area contributed by atoms with Crippen LogP contribution in [-0.2, 0) is 0 Å². The summed E-state index contributed by atoms with van der Waals surface area (Å²) >= 11 is 0. The molecular weight excluding hydrogens is 171 g/mol. The molecule has 0 aliphatic heterocycles. The predicted molar refractivity (Wildman–Crippen MR) is 27.1 cm³/mol. The van der Waals surface area contributed by atoms with E-state index in [1.807, 2.05) is 0 Å². The summed E-state index contributed by atoms with van der Waals surface area (Å²) in [5, 5.41) is 0. The van der Waals surface area contributed by atoms with Gasteiger partial charge < -0.3 is 11.0 Å². The predicted octanol–water partition coefficient (Wildman–Crippen LogP) is -4.02. The zero-order chi connectivity index (χ0) is 0. The Balaban J connectivity index is 0. The van der Waals surface area contributed by atoms with Crippen molar-refractivity contribution in [2.75, 3.05) is 0 Å². The molecule has 0 heterocycles. The molecule has 0 aromatic rings. The summed E-state index contributed by atoms with van der Waals surface area (Å²) < 4.78 is 0. The maximum absolute atomic E-state index is 0. The molecule has 0 amide bonds. The summed E-state index contributed by atoms with van der Waals surface area (Å²) in [6.45, 7) is 0. The van der Waals surface area contributed by atoms with E-state index in [4.69, 9.17) is 0 Å². The Kier molecular flexibility index (Phi) is 482. The van der Waals surface area contributed by atoms with Gasteiger partial charge in [0.1, 0.15) is 0 Å². The summed E-state index contributed by atoms with van der Waals surface area (Å²) in [6.07, 6.45) is 0. The third-order valence-electron chi connectivity index (χ3n) is 0. The van der Waals surface area contributed by atoms with Gasteiger partial charge in [0.05, 0.1) is 0 Å². The number of hydrogen-bond donors (Lipinski definition) is 0. The van der Waals surface area contributed by atoms with Crippen molar-refractivity contribution in [1.29, 1.82) is 0 Å². The van der Waals surface area contributed by atoms with E-state index in [9.17, 15) is 0 Å². The first-order valence-corrected chi connectivity index (χ1v) is 0. The van der Waals surface area contributed by atoms with Crippen LogP contribution in [0.25, 0.3) is 0 Å². The fraction of sp³-hybridized carbons (Fsp3) is 0. The van der Waals surface area contributed by atoms with E-state index in [1.54, 1.807) is 0 Å². The molecule has 0 aromatic heterocycles. The van der Waals surface area contributed by atoms with E-state index < -0.39 is 0 Å². The van der Waals surface area contributed by atoms with E-state index >= 15 is 0 Å². The van der Waals surface area contributed by atoms with Crippen molar-refractivity contribution in [3.05, 3.63) is 0 Å². The molecular formula is H10Ga2O2. The third kappa shape index (κ3) is 10.8.